The lowest BCUT2D eigenvalue weighted by Crippen LogP contribution is -2.15. The van der Waals surface area contributed by atoms with Crippen LogP contribution in [0.2, 0.25) is 10.0 Å². The Bertz CT molecular complexity index is 720. The SMILES string of the molecule is Nc1cc(Cl)c(Oc2n[nH]c(=O)c3c2CCC3)c(Cl)c1. The fourth-order valence-corrected chi connectivity index (χ4v) is 2.91. The van der Waals surface area contributed by atoms with Gasteiger partial charge in [-0.05, 0) is 31.4 Å². The highest BCUT2D eigenvalue weighted by Crippen LogP contribution is 2.39. The van der Waals surface area contributed by atoms with Crippen molar-refractivity contribution >= 4 is 28.9 Å². The van der Waals surface area contributed by atoms with E-state index < -0.39 is 0 Å². The summed E-state index contributed by atoms with van der Waals surface area (Å²) in [6.45, 7) is 0. The van der Waals surface area contributed by atoms with Gasteiger partial charge in [0.15, 0.2) is 5.75 Å². The Morgan fingerprint density at radius 2 is 1.85 bits per heavy atom. The van der Waals surface area contributed by atoms with Crippen LogP contribution in [0.3, 0.4) is 0 Å². The highest BCUT2D eigenvalue weighted by atomic mass is 35.5. The van der Waals surface area contributed by atoms with E-state index in [0.717, 1.165) is 30.4 Å². The number of nitrogen functional groups attached to an aromatic ring is 1. The van der Waals surface area contributed by atoms with E-state index in [0.29, 0.717) is 21.6 Å². The molecular weight excluding hydrogens is 301 g/mol. The molecule has 1 aromatic carbocycles. The maximum Gasteiger partial charge on any atom is 0.267 e. The number of aromatic nitrogens is 2. The fourth-order valence-electron chi connectivity index (χ4n) is 2.32. The molecule has 3 N–H and O–H groups in total. The molecule has 0 fully saturated rings. The van der Waals surface area contributed by atoms with Crippen LogP contribution >= 0.6 is 23.2 Å². The van der Waals surface area contributed by atoms with E-state index in [-0.39, 0.29) is 11.3 Å². The van der Waals surface area contributed by atoms with Crippen molar-refractivity contribution < 1.29 is 4.74 Å². The predicted octanol–water partition coefficient (Wildman–Crippen LogP) is 2.94. The molecule has 5 nitrogen and oxygen atoms in total. The first kappa shape index (κ1) is 13.3. The molecule has 0 aliphatic heterocycles. The second-order valence-corrected chi connectivity index (χ2v) is 5.40. The van der Waals surface area contributed by atoms with Crippen LogP contribution < -0.4 is 16.0 Å². The number of hydrogen-bond donors (Lipinski definition) is 2. The van der Waals surface area contributed by atoms with Gasteiger partial charge in [0.05, 0.1) is 10.0 Å². The number of hydrogen-bond acceptors (Lipinski definition) is 4. The second kappa shape index (κ2) is 5.00. The molecule has 0 bridgehead atoms. The van der Waals surface area contributed by atoms with Crippen molar-refractivity contribution in [2.75, 3.05) is 5.73 Å². The molecule has 104 valence electrons. The minimum Gasteiger partial charge on any atom is -0.434 e. The molecule has 0 amide bonds. The number of benzene rings is 1. The summed E-state index contributed by atoms with van der Waals surface area (Å²) in [7, 11) is 0. The van der Waals surface area contributed by atoms with Crippen molar-refractivity contribution in [3.8, 4) is 11.6 Å². The second-order valence-electron chi connectivity index (χ2n) is 4.58. The zero-order valence-electron chi connectivity index (χ0n) is 10.4. The molecule has 1 heterocycles. The highest BCUT2D eigenvalue weighted by Gasteiger charge is 2.22. The van der Waals surface area contributed by atoms with Crippen molar-refractivity contribution in [3.63, 3.8) is 0 Å². The lowest BCUT2D eigenvalue weighted by atomic mass is 10.2. The Hall–Kier alpha value is -1.72. The van der Waals surface area contributed by atoms with Crippen molar-refractivity contribution in [3.05, 3.63) is 43.7 Å². The number of nitrogens with zero attached hydrogens (tertiary/aromatic N) is 1. The number of ether oxygens (including phenoxy) is 1. The molecule has 2 aromatic rings. The van der Waals surface area contributed by atoms with E-state index in [2.05, 4.69) is 10.2 Å². The van der Waals surface area contributed by atoms with Crippen LogP contribution in [0.15, 0.2) is 16.9 Å². The number of anilines is 1. The van der Waals surface area contributed by atoms with Gasteiger partial charge in [-0.3, -0.25) is 4.79 Å². The van der Waals surface area contributed by atoms with Gasteiger partial charge in [-0.25, -0.2) is 5.10 Å². The molecule has 0 saturated heterocycles. The summed E-state index contributed by atoms with van der Waals surface area (Å²) in [5, 5.41) is 6.97. The molecule has 0 radical (unpaired) electrons. The van der Waals surface area contributed by atoms with Crippen LogP contribution in [0.25, 0.3) is 0 Å². The number of rotatable bonds is 2. The number of H-pyrrole nitrogens is 1. The topological polar surface area (TPSA) is 81.0 Å². The summed E-state index contributed by atoms with van der Waals surface area (Å²) in [6, 6.07) is 3.10. The first-order valence-corrected chi connectivity index (χ1v) is 6.84. The average Bonchev–Trinajstić information content (AvgIpc) is 2.86. The molecule has 0 saturated carbocycles. The Morgan fingerprint density at radius 3 is 2.55 bits per heavy atom. The monoisotopic (exact) mass is 311 g/mol. The van der Waals surface area contributed by atoms with E-state index in [9.17, 15) is 4.79 Å². The van der Waals surface area contributed by atoms with Gasteiger partial charge in [-0.2, -0.15) is 0 Å². The summed E-state index contributed by atoms with van der Waals surface area (Å²) in [6.07, 6.45) is 2.39. The molecule has 7 heteroatoms. The molecule has 0 atom stereocenters. The van der Waals surface area contributed by atoms with Crippen molar-refractivity contribution in [1.29, 1.82) is 0 Å². The van der Waals surface area contributed by atoms with E-state index in [1.807, 2.05) is 0 Å². The molecule has 1 aliphatic carbocycles. The van der Waals surface area contributed by atoms with Crippen LogP contribution in [0, 0.1) is 0 Å². The number of fused-ring (bicyclic) bond motifs is 1. The molecule has 0 spiro atoms. The van der Waals surface area contributed by atoms with Gasteiger partial charge in [-0.1, -0.05) is 23.2 Å². The van der Waals surface area contributed by atoms with Crippen molar-refractivity contribution in [2.24, 2.45) is 0 Å². The lowest BCUT2D eigenvalue weighted by Gasteiger charge is -2.11. The summed E-state index contributed by atoms with van der Waals surface area (Å²) in [5.74, 6) is 0.627. The van der Waals surface area contributed by atoms with Gasteiger partial charge in [-0.15, -0.1) is 5.10 Å². The van der Waals surface area contributed by atoms with Gasteiger partial charge < -0.3 is 10.5 Å². The van der Waals surface area contributed by atoms with Crippen LogP contribution in [0.1, 0.15) is 17.5 Å². The first-order valence-electron chi connectivity index (χ1n) is 6.09. The third-order valence-electron chi connectivity index (χ3n) is 3.23. The Labute approximate surface area is 124 Å². The van der Waals surface area contributed by atoms with Crippen LogP contribution in [0.5, 0.6) is 11.6 Å². The molecule has 20 heavy (non-hydrogen) atoms. The van der Waals surface area contributed by atoms with Gasteiger partial charge in [0, 0.05) is 16.8 Å². The van der Waals surface area contributed by atoms with E-state index in [1.165, 1.54) is 0 Å². The quantitative estimate of drug-likeness (QED) is 0.835. The van der Waals surface area contributed by atoms with Gasteiger partial charge in [0.1, 0.15) is 0 Å². The van der Waals surface area contributed by atoms with Crippen LogP contribution in [0.4, 0.5) is 5.69 Å². The average molecular weight is 312 g/mol. The third-order valence-corrected chi connectivity index (χ3v) is 3.79. The number of aromatic amines is 1. The maximum absolute atomic E-state index is 11.7. The van der Waals surface area contributed by atoms with E-state index in [1.54, 1.807) is 12.1 Å². The maximum atomic E-state index is 11.7. The standard InChI is InChI=1S/C13H11Cl2N3O2/c14-9-4-6(16)5-10(15)11(9)20-13-8-3-1-2-7(8)12(19)17-18-13/h4-5H,1-3,16H2,(H,17,19). The largest absolute Gasteiger partial charge is 0.434 e. The molecule has 1 aliphatic rings. The van der Waals surface area contributed by atoms with Crippen LogP contribution in [-0.2, 0) is 12.8 Å². The molecule has 0 unspecified atom stereocenters. The molecule has 3 rings (SSSR count). The van der Waals surface area contributed by atoms with E-state index in [4.69, 9.17) is 33.7 Å². The number of nitrogens with one attached hydrogen (secondary N) is 1. The summed E-state index contributed by atoms with van der Waals surface area (Å²) in [4.78, 5) is 11.7. The summed E-state index contributed by atoms with van der Waals surface area (Å²) in [5.41, 5.74) is 7.47. The van der Waals surface area contributed by atoms with Crippen molar-refractivity contribution in [1.82, 2.24) is 10.2 Å². The van der Waals surface area contributed by atoms with Gasteiger partial charge in [0.25, 0.3) is 5.56 Å². The molecular formula is C13H11Cl2N3O2. The third kappa shape index (κ3) is 2.23. The van der Waals surface area contributed by atoms with Gasteiger partial charge in [0.2, 0.25) is 5.88 Å². The Balaban J connectivity index is 2.05. The van der Waals surface area contributed by atoms with Crippen LogP contribution in [-0.4, -0.2) is 10.2 Å². The zero-order valence-corrected chi connectivity index (χ0v) is 11.9. The van der Waals surface area contributed by atoms with E-state index >= 15 is 0 Å². The Kier molecular flexibility index (Phi) is 3.31. The fraction of sp³-hybridized carbons (Fsp3) is 0.231. The number of halogens is 2. The molecule has 1 aromatic heterocycles. The first-order chi connectivity index (χ1) is 9.56. The zero-order chi connectivity index (χ0) is 14.3. The summed E-state index contributed by atoms with van der Waals surface area (Å²) >= 11 is 12.2. The predicted molar refractivity (Wildman–Crippen MR) is 77.8 cm³/mol. The van der Waals surface area contributed by atoms with Crippen molar-refractivity contribution in [2.45, 2.75) is 19.3 Å². The smallest absolute Gasteiger partial charge is 0.267 e. The minimum absolute atomic E-state index is 0.167. The Morgan fingerprint density at radius 1 is 1.20 bits per heavy atom. The van der Waals surface area contributed by atoms with Gasteiger partial charge >= 0.3 is 0 Å². The minimum atomic E-state index is -0.167. The normalized spacial score (nSPS) is 13.3. The summed E-state index contributed by atoms with van der Waals surface area (Å²) < 4.78 is 5.69. The lowest BCUT2D eigenvalue weighted by molar-refractivity contribution is 0.448. The number of nitrogens with two attached hydrogens (primary N) is 1. The highest BCUT2D eigenvalue weighted by molar-refractivity contribution is 6.37.